The standard InChI is InChI=1S/C28H36N2O5/c1-28(2,26(32)33)19-30-25(31)16-6-4-3-5-11-17-29-27(34)35-18-24-22-14-9-7-12-20(22)21-13-8-10-15-23(21)24/h7-10,12-15,24H,3-6,11,16-19H2,1-2H3,(H,29,34)(H,30,31)(H,32,33). The Labute approximate surface area is 207 Å². The third kappa shape index (κ3) is 7.31. The lowest BCUT2D eigenvalue weighted by molar-refractivity contribution is -0.146. The summed E-state index contributed by atoms with van der Waals surface area (Å²) in [5, 5.41) is 14.6. The number of ether oxygens (including phenoxy) is 1. The predicted octanol–water partition coefficient (Wildman–Crippen LogP) is 5.09. The molecule has 0 radical (unpaired) electrons. The van der Waals surface area contributed by atoms with E-state index in [-0.39, 0.29) is 18.4 Å². The molecule has 2 aromatic rings. The molecule has 7 heteroatoms. The predicted molar refractivity (Wildman–Crippen MR) is 135 cm³/mol. The van der Waals surface area contributed by atoms with E-state index in [0.717, 1.165) is 32.1 Å². The molecule has 0 saturated heterocycles. The number of unbranched alkanes of at least 4 members (excludes halogenated alkanes) is 4. The number of rotatable bonds is 13. The van der Waals surface area contributed by atoms with Crippen molar-refractivity contribution in [3.8, 4) is 11.1 Å². The second-order valence-electron chi connectivity index (χ2n) is 9.74. The third-order valence-electron chi connectivity index (χ3n) is 6.50. The van der Waals surface area contributed by atoms with Crippen LogP contribution in [0, 0.1) is 5.41 Å². The molecule has 3 rings (SSSR count). The summed E-state index contributed by atoms with van der Waals surface area (Å²) in [4.78, 5) is 35.1. The Kier molecular flexibility index (Phi) is 9.29. The summed E-state index contributed by atoms with van der Waals surface area (Å²) >= 11 is 0. The largest absolute Gasteiger partial charge is 0.481 e. The van der Waals surface area contributed by atoms with Gasteiger partial charge in [-0.05, 0) is 48.9 Å². The van der Waals surface area contributed by atoms with E-state index in [0.29, 0.717) is 19.6 Å². The van der Waals surface area contributed by atoms with Crippen molar-refractivity contribution in [3.05, 3.63) is 59.7 Å². The van der Waals surface area contributed by atoms with Crippen LogP contribution in [0.15, 0.2) is 48.5 Å². The first-order valence-electron chi connectivity index (χ1n) is 12.4. The van der Waals surface area contributed by atoms with Gasteiger partial charge in [-0.25, -0.2) is 4.79 Å². The summed E-state index contributed by atoms with van der Waals surface area (Å²) < 4.78 is 5.54. The number of hydrogen-bond donors (Lipinski definition) is 3. The molecule has 2 aromatic carbocycles. The van der Waals surface area contributed by atoms with Crippen molar-refractivity contribution in [2.75, 3.05) is 19.7 Å². The van der Waals surface area contributed by atoms with Gasteiger partial charge in [0, 0.05) is 25.4 Å². The summed E-state index contributed by atoms with van der Waals surface area (Å²) in [6.45, 7) is 4.17. The molecule has 0 aliphatic heterocycles. The molecule has 0 aromatic heterocycles. The van der Waals surface area contributed by atoms with E-state index in [1.54, 1.807) is 13.8 Å². The molecular weight excluding hydrogens is 444 g/mol. The number of benzene rings is 2. The maximum Gasteiger partial charge on any atom is 0.407 e. The SMILES string of the molecule is CC(C)(CNC(=O)CCCCCCCNC(=O)OCC1c2ccccc2-c2ccccc21)C(=O)O. The third-order valence-corrected chi connectivity index (χ3v) is 6.50. The molecule has 0 saturated carbocycles. The molecule has 0 bridgehead atoms. The summed E-state index contributed by atoms with van der Waals surface area (Å²) in [6.07, 6.45) is 4.46. The average molecular weight is 481 g/mol. The topological polar surface area (TPSA) is 105 Å². The summed E-state index contributed by atoms with van der Waals surface area (Å²) in [5.74, 6) is -0.985. The number of nitrogens with one attached hydrogen (secondary N) is 2. The second kappa shape index (κ2) is 12.4. The summed E-state index contributed by atoms with van der Waals surface area (Å²) in [6, 6.07) is 16.5. The van der Waals surface area contributed by atoms with E-state index in [1.165, 1.54) is 22.3 Å². The van der Waals surface area contributed by atoms with Crippen molar-refractivity contribution in [3.63, 3.8) is 0 Å². The van der Waals surface area contributed by atoms with Crippen LogP contribution in [0.3, 0.4) is 0 Å². The molecule has 3 N–H and O–H groups in total. The lowest BCUT2D eigenvalue weighted by atomic mass is 9.94. The fourth-order valence-corrected chi connectivity index (χ4v) is 4.26. The van der Waals surface area contributed by atoms with Crippen LogP contribution in [-0.2, 0) is 14.3 Å². The van der Waals surface area contributed by atoms with Crippen molar-refractivity contribution in [1.82, 2.24) is 10.6 Å². The van der Waals surface area contributed by atoms with Gasteiger partial charge < -0.3 is 20.5 Å². The fraction of sp³-hybridized carbons (Fsp3) is 0.464. The minimum absolute atomic E-state index is 0.0561. The number of fused-ring (bicyclic) bond motifs is 3. The molecule has 1 aliphatic rings. The zero-order chi connectivity index (χ0) is 25.3. The zero-order valence-electron chi connectivity index (χ0n) is 20.6. The highest BCUT2D eigenvalue weighted by Gasteiger charge is 2.29. The Balaban J connectivity index is 1.25. The van der Waals surface area contributed by atoms with Crippen molar-refractivity contribution < 1.29 is 24.2 Å². The van der Waals surface area contributed by atoms with Crippen LogP contribution in [-0.4, -0.2) is 42.8 Å². The van der Waals surface area contributed by atoms with Gasteiger partial charge in [-0.15, -0.1) is 0 Å². The molecule has 1 aliphatic carbocycles. The van der Waals surface area contributed by atoms with E-state index in [4.69, 9.17) is 9.84 Å². The Bertz CT molecular complexity index is 988. The average Bonchev–Trinajstić information content (AvgIpc) is 3.16. The Hall–Kier alpha value is -3.35. The molecule has 0 atom stereocenters. The first kappa shape index (κ1) is 26.3. The van der Waals surface area contributed by atoms with Crippen molar-refractivity contribution in [1.29, 1.82) is 0 Å². The maximum absolute atomic E-state index is 12.2. The molecule has 35 heavy (non-hydrogen) atoms. The number of amides is 2. The maximum atomic E-state index is 12.2. The number of carbonyl (C=O) groups excluding carboxylic acids is 2. The smallest absolute Gasteiger partial charge is 0.407 e. The van der Waals surface area contributed by atoms with Crippen LogP contribution in [0.2, 0.25) is 0 Å². The normalized spacial score (nSPS) is 12.5. The molecule has 188 valence electrons. The van der Waals surface area contributed by atoms with E-state index in [1.807, 2.05) is 24.3 Å². The zero-order valence-corrected chi connectivity index (χ0v) is 20.6. The van der Waals surface area contributed by atoms with Gasteiger partial charge in [-0.3, -0.25) is 9.59 Å². The van der Waals surface area contributed by atoms with E-state index in [2.05, 4.69) is 34.9 Å². The van der Waals surface area contributed by atoms with Gasteiger partial charge in [0.25, 0.3) is 0 Å². The summed E-state index contributed by atoms with van der Waals surface area (Å²) in [5.41, 5.74) is 3.84. The van der Waals surface area contributed by atoms with Gasteiger partial charge in [0.2, 0.25) is 5.91 Å². The van der Waals surface area contributed by atoms with Crippen LogP contribution < -0.4 is 10.6 Å². The number of alkyl carbamates (subject to hydrolysis) is 1. The number of carbonyl (C=O) groups is 3. The highest BCUT2D eigenvalue weighted by atomic mass is 16.5. The molecule has 0 spiro atoms. The quantitative estimate of drug-likeness (QED) is 0.346. The molecule has 7 nitrogen and oxygen atoms in total. The number of hydrogen-bond acceptors (Lipinski definition) is 4. The molecular formula is C28H36N2O5. The highest BCUT2D eigenvalue weighted by Crippen LogP contribution is 2.44. The number of aliphatic carboxylic acids is 1. The van der Waals surface area contributed by atoms with Crippen LogP contribution in [0.4, 0.5) is 4.79 Å². The lowest BCUT2D eigenvalue weighted by Crippen LogP contribution is -2.38. The van der Waals surface area contributed by atoms with Crippen LogP contribution >= 0.6 is 0 Å². The van der Waals surface area contributed by atoms with Crippen LogP contribution in [0.1, 0.15) is 69.4 Å². The monoisotopic (exact) mass is 480 g/mol. The van der Waals surface area contributed by atoms with Gasteiger partial charge in [0.15, 0.2) is 0 Å². The van der Waals surface area contributed by atoms with Gasteiger partial charge in [-0.2, -0.15) is 0 Å². The minimum atomic E-state index is -0.962. The van der Waals surface area contributed by atoms with Crippen LogP contribution in [0.5, 0.6) is 0 Å². The molecule has 0 heterocycles. The Morgan fingerprint density at radius 3 is 2.06 bits per heavy atom. The van der Waals surface area contributed by atoms with Crippen LogP contribution in [0.25, 0.3) is 11.1 Å². The Morgan fingerprint density at radius 1 is 0.857 bits per heavy atom. The number of carboxylic acids is 1. The molecule has 0 unspecified atom stereocenters. The first-order valence-corrected chi connectivity index (χ1v) is 12.4. The molecule has 2 amide bonds. The van der Waals surface area contributed by atoms with Gasteiger partial charge in [0.05, 0.1) is 5.41 Å². The van der Waals surface area contributed by atoms with E-state index in [9.17, 15) is 14.4 Å². The van der Waals surface area contributed by atoms with E-state index >= 15 is 0 Å². The fourth-order valence-electron chi connectivity index (χ4n) is 4.26. The summed E-state index contributed by atoms with van der Waals surface area (Å²) in [7, 11) is 0. The highest BCUT2D eigenvalue weighted by molar-refractivity contribution is 5.79. The number of carboxylic acid groups (broad SMARTS) is 1. The van der Waals surface area contributed by atoms with Crippen molar-refractivity contribution in [2.24, 2.45) is 5.41 Å². The first-order chi connectivity index (χ1) is 16.8. The van der Waals surface area contributed by atoms with E-state index < -0.39 is 17.5 Å². The van der Waals surface area contributed by atoms with Crippen molar-refractivity contribution >= 4 is 18.0 Å². The molecule has 0 fully saturated rings. The Morgan fingerprint density at radius 2 is 1.43 bits per heavy atom. The van der Waals surface area contributed by atoms with Crippen molar-refractivity contribution in [2.45, 2.75) is 58.3 Å². The van der Waals surface area contributed by atoms with Gasteiger partial charge in [0.1, 0.15) is 6.61 Å². The lowest BCUT2D eigenvalue weighted by Gasteiger charge is -2.19. The second-order valence-corrected chi connectivity index (χ2v) is 9.74. The minimum Gasteiger partial charge on any atom is -0.481 e. The van der Waals surface area contributed by atoms with Gasteiger partial charge in [-0.1, -0.05) is 67.8 Å². The van der Waals surface area contributed by atoms with Gasteiger partial charge >= 0.3 is 12.1 Å².